The number of hydrogen-bond acceptors (Lipinski definition) is 4. The van der Waals surface area contributed by atoms with Crippen LogP contribution in [-0.4, -0.2) is 29.9 Å². The minimum atomic E-state index is -0.375. The van der Waals surface area contributed by atoms with Gasteiger partial charge in [-0.25, -0.2) is 4.98 Å². The minimum Gasteiger partial charge on any atom is -0.618 e. The second kappa shape index (κ2) is 23.4. The molecule has 1 heterocycles. The van der Waals surface area contributed by atoms with Crippen molar-refractivity contribution in [2.45, 2.75) is 78.1 Å². The molecule has 0 saturated carbocycles. The molecule has 0 atom stereocenters. The zero-order valence-corrected chi connectivity index (χ0v) is 23.7. The van der Waals surface area contributed by atoms with E-state index in [0.29, 0.717) is 29.9 Å². The molecule has 7 heteroatoms. The fourth-order valence-electron chi connectivity index (χ4n) is 3.30. The first-order valence-electron chi connectivity index (χ1n) is 14.0. The van der Waals surface area contributed by atoms with Gasteiger partial charge in [-0.1, -0.05) is 79.8 Å². The fourth-order valence-corrected chi connectivity index (χ4v) is 3.30. The largest absolute Gasteiger partial charge is 0.618 e. The van der Waals surface area contributed by atoms with Gasteiger partial charge in [0, 0.05) is 26.4 Å². The molecular formula is C32H46N4O3. The topological polar surface area (TPSA) is 98.0 Å². The van der Waals surface area contributed by atoms with Crippen LogP contribution < -0.4 is 15.4 Å². The van der Waals surface area contributed by atoms with Crippen LogP contribution in [0, 0.1) is 12.1 Å². The number of rotatable bonds is 20. The van der Waals surface area contributed by atoms with Crippen molar-refractivity contribution in [2.75, 3.05) is 13.1 Å². The summed E-state index contributed by atoms with van der Waals surface area (Å²) in [7, 11) is 0. The molecule has 0 radical (unpaired) electrons. The van der Waals surface area contributed by atoms with Crippen LogP contribution in [0.2, 0.25) is 0 Å². The van der Waals surface area contributed by atoms with Crippen molar-refractivity contribution in [3.05, 3.63) is 102 Å². The normalized spacial score (nSPS) is 12.3. The summed E-state index contributed by atoms with van der Waals surface area (Å²) in [5, 5.41) is 17.1. The molecule has 0 aliphatic carbocycles. The van der Waals surface area contributed by atoms with Crippen LogP contribution in [0.15, 0.2) is 85.3 Å². The summed E-state index contributed by atoms with van der Waals surface area (Å²) < 4.78 is 0.623. The van der Waals surface area contributed by atoms with Gasteiger partial charge < -0.3 is 15.8 Å². The van der Waals surface area contributed by atoms with Crippen LogP contribution in [0.1, 0.15) is 87.3 Å². The number of carbonyl (C=O) groups excluding carboxylic acids is 2. The quantitative estimate of drug-likeness (QED) is 0.0910. The first-order valence-corrected chi connectivity index (χ1v) is 14.0. The molecule has 0 unspecified atom stereocenters. The van der Waals surface area contributed by atoms with Crippen LogP contribution in [-0.2, 0) is 4.79 Å². The van der Waals surface area contributed by atoms with Crippen LogP contribution in [0.4, 0.5) is 0 Å². The van der Waals surface area contributed by atoms with E-state index in [1.54, 1.807) is 6.92 Å². The van der Waals surface area contributed by atoms with E-state index in [2.05, 4.69) is 89.4 Å². The smallest absolute Gasteiger partial charge is 0.276 e. The molecule has 0 bridgehead atoms. The maximum Gasteiger partial charge on any atom is 0.276 e. The number of nitrogens with one attached hydrogen (secondary N) is 2. The summed E-state index contributed by atoms with van der Waals surface area (Å²) >= 11 is 0. The lowest BCUT2D eigenvalue weighted by atomic mass is 10.2. The molecule has 212 valence electrons. The van der Waals surface area contributed by atoms with Crippen molar-refractivity contribution < 1.29 is 14.3 Å². The molecule has 2 N–H and O–H groups in total. The zero-order chi connectivity index (χ0) is 28.4. The molecule has 1 aromatic rings. The maximum absolute atomic E-state index is 12.0. The molecule has 0 spiro atoms. The zero-order valence-electron chi connectivity index (χ0n) is 23.7. The van der Waals surface area contributed by atoms with Gasteiger partial charge in [-0.15, -0.1) is 0 Å². The molecule has 0 aliphatic rings. The van der Waals surface area contributed by atoms with Crippen LogP contribution in [0.3, 0.4) is 0 Å². The van der Waals surface area contributed by atoms with Gasteiger partial charge in [-0.3, -0.25) is 9.59 Å². The van der Waals surface area contributed by atoms with Gasteiger partial charge in [0.1, 0.15) is 0 Å². The standard InChI is InChI=1S/C32H46N4O3/c1-3-4-5-6-7-8-9-10-11-12-13-14-15-16-17-18-19-20-21-24-31(37)33-25-22-23-26-34-32(38)30-28-36(39)29(2)27-35-30/h4-5,7-8,10-11,13-14,16-17,19-20,27-28H,3,6,9,12,15,18,21-26H2,1-2H3,(H,33,37)(H,34,38). The molecule has 7 nitrogen and oxygen atoms in total. The second-order valence-corrected chi connectivity index (χ2v) is 9.01. The molecular weight excluding hydrogens is 488 g/mol. The Labute approximate surface area is 234 Å². The first kappa shape index (κ1) is 33.3. The Kier molecular flexibility index (Phi) is 20.0. The maximum atomic E-state index is 12.0. The Morgan fingerprint density at radius 1 is 0.795 bits per heavy atom. The number of unbranched alkanes of at least 4 members (excludes halogenated alkanes) is 1. The third-order valence-electron chi connectivity index (χ3n) is 5.56. The average molecular weight is 535 g/mol. The monoisotopic (exact) mass is 534 g/mol. The Morgan fingerprint density at radius 2 is 1.28 bits per heavy atom. The predicted octanol–water partition coefficient (Wildman–Crippen LogP) is 6.13. The second-order valence-electron chi connectivity index (χ2n) is 9.01. The predicted molar refractivity (Wildman–Crippen MR) is 160 cm³/mol. The number of hydrogen-bond donors (Lipinski definition) is 2. The van der Waals surface area contributed by atoms with Gasteiger partial charge in [0.2, 0.25) is 17.8 Å². The highest BCUT2D eigenvalue weighted by Crippen LogP contribution is 1.98. The number of aromatic nitrogens is 2. The Bertz CT molecular complexity index is 1010. The number of carbonyl (C=O) groups is 2. The van der Waals surface area contributed by atoms with E-state index in [4.69, 9.17) is 0 Å². The third kappa shape index (κ3) is 19.1. The van der Waals surface area contributed by atoms with E-state index >= 15 is 0 Å². The van der Waals surface area contributed by atoms with Crippen molar-refractivity contribution in [3.8, 4) is 0 Å². The number of nitrogens with zero attached hydrogens (tertiary/aromatic N) is 2. The minimum absolute atomic E-state index is 0.0300. The first-order chi connectivity index (χ1) is 19.0. The average Bonchev–Trinajstić information content (AvgIpc) is 2.93. The highest BCUT2D eigenvalue weighted by molar-refractivity contribution is 5.91. The summed E-state index contributed by atoms with van der Waals surface area (Å²) in [6.07, 6.45) is 37.0. The van der Waals surface area contributed by atoms with Crippen molar-refractivity contribution in [3.63, 3.8) is 0 Å². The highest BCUT2D eigenvalue weighted by atomic mass is 16.5. The summed E-state index contributed by atoms with van der Waals surface area (Å²) in [6, 6.07) is 0. The fraction of sp³-hybridized carbons (Fsp3) is 0.438. The molecule has 1 aromatic heterocycles. The summed E-state index contributed by atoms with van der Waals surface area (Å²) in [5.41, 5.74) is 0.529. The number of amides is 2. The van der Waals surface area contributed by atoms with Gasteiger partial charge in [0.25, 0.3) is 5.91 Å². The molecule has 0 fully saturated rings. The van der Waals surface area contributed by atoms with Crippen molar-refractivity contribution in [1.82, 2.24) is 15.6 Å². The van der Waals surface area contributed by atoms with Crippen molar-refractivity contribution in [2.24, 2.45) is 0 Å². The Hall–Kier alpha value is -3.74. The summed E-state index contributed by atoms with van der Waals surface area (Å²) in [4.78, 5) is 27.9. The van der Waals surface area contributed by atoms with Crippen LogP contribution in [0.5, 0.6) is 0 Å². The third-order valence-corrected chi connectivity index (χ3v) is 5.56. The number of aryl methyl sites for hydroxylation is 1. The van der Waals surface area contributed by atoms with Gasteiger partial charge in [0.05, 0.1) is 6.20 Å². The Morgan fingerprint density at radius 3 is 1.79 bits per heavy atom. The van der Waals surface area contributed by atoms with Gasteiger partial charge in [0.15, 0.2) is 5.69 Å². The highest BCUT2D eigenvalue weighted by Gasteiger charge is 2.11. The summed E-state index contributed by atoms with van der Waals surface area (Å²) in [5.74, 6) is -0.345. The van der Waals surface area contributed by atoms with E-state index in [1.807, 2.05) is 6.08 Å². The SMILES string of the molecule is CCC=CCC=CCC=CCC=CCC=CCC=CCCC(=O)NCCCCNC(=O)c1c[n+]([O-])c(C)cn1. The van der Waals surface area contributed by atoms with E-state index in [1.165, 1.54) is 12.4 Å². The molecule has 0 saturated heterocycles. The van der Waals surface area contributed by atoms with E-state index < -0.39 is 0 Å². The van der Waals surface area contributed by atoms with Crippen LogP contribution in [0.25, 0.3) is 0 Å². The molecule has 0 aliphatic heterocycles. The Balaban J connectivity index is 1.97. The molecule has 0 aromatic carbocycles. The van der Waals surface area contributed by atoms with E-state index in [9.17, 15) is 14.8 Å². The molecule has 1 rings (SSSR count). The number of allylic oxidation sites excluding steroid dienone is 12. The van der Waals surface area contributed by atoms with E-state index in [0.717, 1.165) is 57.8 Å². The van der Waals surface area contributed by atoms with Crippen molar-refractivity contribution in [1.29, 1.82) is 0 Å². The van der Waals surface area contributed by atoms with Gasteiger partial charge >= 0.3 is 0 Å². The van der Waals surface area contributed by atoms with Crippen LogP contribution >= 0.6 is 0 Å². The lowest BCUT2D eigenvalue weighted by Crippen LogP contribution is -2.34. The molecule has 39 heavy (non-hydrogen) atoms. The van der Waals surface area contributed by atoms with E-state index in [-0.39, 0.29) is 17.5 Å². The summed E-state index contributed by atoms with van der Waals surface area (Å²) in [6.45, 7) is 4.80. The lowest BCUT2D eigenvalue weighted by Gasteiger charge is -2.06. The molecule has 2 amide bonds. The lowest BCUT2D eigenvalue weighted by molar-refractivity contribution is -0.613. The van der Waals surface area contributed by atoms with Gasteiger partial charge in [-0.2, -0.15) is 4.73 Å². The van der Waals surface area contributed by atoms with Crippen molar-refractivity contribution >= 4 is 11.8 Å². The van der Waals surface area contributed by atoms with Gasteiger partial charge in [-0.05, 0) is 57.8 Å².